The Bertz CT molecular complexity index is 431. The summed E-state index contributed by atoms with van der Waals surface area (Å²) < 4.78 is 61.5. The first-order chi connectivity index (χ1) is 9.88. The van der Waals surface area contributed by atoms with Gasteiger partial charge in [-0.05, 0) is 32.0 Å². The van der Waals surface area contributed by atoms with Gasteiger partial charge in [0.1, 0.15) is 5.82 Å². The minimum absolute atomic E-state index is 0.204. The van der Waals surface area contributed by atoms with Crippen molar-refractivity contribution in [3.05, 3.63) is 29.6 Å². The maximum atomic E-state index is 13.1. The van der Waals surface area contributed by atoms with Gasteiger partial charge >= 0.3 is 6.18 Å². The van der Waals surface area contributed by atoms with Crippen LogP contribution in [0.5, 0.6) is 0 Å². The highest BCUT2D eigenvalue weighted by atomic mass is 19.4. The number of anilines is 1. The van der Waals surface area contributed by atoms with Crippen molar-refractivity contribution in [2.24, 2.45) is 0 Å². The van der Waals surface area contributed by atoms with E-state index in [2.05, 4.69) is 5.32 Å². The molecule has 1 N–H and O–H groups in total. The third-order valence-electron chi connectivity index (χ3n) is 2.69. The fraction of sp³-hybridized carbons (Fsp3) is 0.571. The summed E-state index contributed by atoms with van der Waals surface area (Å²) in [6.07, 6.45) is -4.64. The van der Waals surface area contributed by atoms with Gasteiger partial charge in [-0.3, -0.25) is 0 Å². The standard InChI is InChI=1S/C14H19F4NO2/c1-3-20-13(21-4-2)7-8-19-10-5-6-12(15)11(9-10)14(16,17)18/h5-6,9,13,19H,3-4,7-8H2,1-2H3. The molecule has 0 unspecified atom stereocenters. The van der Waals surface area contributed by atoms with Crippen LogP contribution in [0.25, 0.3) is 0 Å². The quantitative estimate of drug-likeness (QED) is 0.580. The van der Waals surface area contributed by atoms with Crippen molar-refractivity contribution >= 4 is 5.69 Å². The molecular formula is C14H19F4NO2. The van der Waals surface area contributed by atoms with Crippen molar-refractivity contribution in [1.29, 1.82) is 0 Å². The molecule has 21 heavy (non-hydrogen) atoms. The maximum absolute atomic E-state index is 13.1. The molecule has 7 heteroatoms. The van der Waals surface area contributed by atoms with Gasteiger partial charge in [-0.2, -0.15) is 13.2 Å². The Morgan fingerprint density at radius 2 is 1.76 bits per heavy atom. The minimum atomic E-state index is -4.71. The number of hydrogen-bond donors (Lipinski definition) is 1. The Balaban J connectivity index is 2.59. The van der Waals surface area contributed by atoms with Gasteiger partial charge in [0.15, 0.2) is 6.29 Å². The van der Waals surface area contributed by atoms with Crippen molar-refractivity contribution in [3.8, 4) is 0 Å². The zero-order chi connectivity index (χ0) is 15.9. The number of ether oxygens (including phenoxy) is 2. The van der Waals surface area contributed by atoms with Gasteiger partial charge in [-0.1, -0.05) is 0 Å². The third-order valence-corrected chi connectivity index (χ3v) is 2.69. The number of nitrogens with one attached hydrogen (secondary N) is 1. The van der Waals surface area contributed by atoms with Crippen molar-refractivity contribution in [2.45, 2.75) is 32.7 Å². The average Bonchev–Trinajstić information content (AvgIpc) is 2.40. The number of benzene rings is 1. The molecule has 0 spiro atoms. The predicted octanol–water partition coefficient (Wildman–Crippen LogP) is 4.05. The summed E-state index contributed by atoms with van der Waals surface area (Å²) >= 11 is 0. The van der Waals surface area contributed by atoms with Gasteiger partial charge in [0, 0.05) is 31.9 Å². The molecule has 120 valence electrons. The van der Waals surface area contributed by atoms with Gasteiger partial charge in [-0.15, -0.1) is 0 Å². The van der Waals surface area contributed by atoms with Crippen molar-refractivity contribution < 1.29 is 27.0 Å². The Hall–Kier alpha value is -1.34. The lowest BCUT2D eigenvalue weighted by atomic mass is 10.2. The number of alkyl halides is 3. The first-order valence-corrected chi connectivity index (χ1v) is 6.72. The molecule has 1 aromatic carbocycles. The van der Waals surface area contributed by atoms with Gasteiger partial charge in [0.2, 0.25) is 0 Å². The Kier molecular flexibility index (Phi) is 6.91. The first-order valence-electron chi connectivity index (χ1n) is 6.72. The van der Waals surface area contributed by atoms with Crippen LogP contribution in [0, 0.1) is 5.82 Å². The van der Waals surface area contributed by atoms with E-state index in [9.17, 15) is 17.6 Å². The van der Waals surface area contributed by atoms with E-state index in [1.54, 1.807) is 0 Å². The summed E-state index contributed by atoms with van der Waals surface area (Å²) in [7, 11) is 0. The normalized spacial score (nSPS) is 12.0. The SMILES string of the molecule is CCOC(CCNc1ccc(F)c(C(F)(F)F)c1)OCC. The van der Waals surface area contributed by atoms with Gasteiger partial charge in [0.25, 0.3) is 0 Å². The lowest BCUT2D eigenvalue weighted by Crippen LogP contribution is -2.21. The van der Waals surface area contributed by atoms with Crippen LogP contribution in [0.1, 0.15) is 25.8 Å². The minimum Gasteiger partial charge on any atom is -0.385 e. The molecule has 0 saturated heterocycles. The van der Waals surface area contributed by atoms with E-state index < -0.39 is 23.8 Å². The first kappa shape index (κ1) is 17.7. The van der Waals surface area contributed by atoms with Crippen LogP contribution in [0.2, 0.25) is 0 Å². The van der Waals surface area contributed by atoms with E-state index in [-0.39, 0.29) is 5.69 Å². The second-order valence-corrected chi connectivity index (χ2v) is 4.25. The molecule has 0 aliphatic carbocycles. The summed E-state index contributed by atoms with van der Waals surface area (Å²) in [6.45, 7) is 4.98. The topological polar surface area (TPSA) is 30.5 Å². The fourth-order valence-corrected chi connectivity index (χ4v) is 1.77. The van der Waals surface area contributed by atoms with Gasteiger partial charge < -0.3 is 14.8 Å². The molecule has 1 rings (SSSR count). The van der Waals surface area contributed by atoms with Crippen LogP contribution in [-0.4, -0.2) is 26.0 Å². The van der Waals surface area contributed by atoms with Crippen LogP contribution in [-0.2, 0) is 15.7 Å². The van der Waals surface area contributed by atoms with E-state index >= 15 is 0 Å². The van der Waals surface area contributed by atoms with Crippen molar-refractivity contribution in [1.82, 2.24) is 0 Å². The molecule has 0 heterocycles. The second kappa shape index (κ2) is 8.19. The van der Waals surface area contributed by atoms with Crippen LogP contribution < -0.4 is 5.32 Å². The summed E-state index contributed by atoms with van der Waals surface area (Å²) in [5.41, 5.74) is -1.07. The van der Waals surface area contributed by atoms with E-state index in [4.69, 9.17) is 9.47 Å². The number of halogens is 4. The number of rotatable bonds is 8. The number of hydrogen-bond acceptors (Lipinski definition) is 3. The molecule has 0 aliphatic rings. The highest BCUT2D eigenvalue weighted by Gasteiger charge is 2.34. The largest absolute Gasteiger partial charge is 0.419 e. The maximum Gasteiger partial charge on any atom is 0.419 e. The molecule has 0 aliphatic heterocycles. The fourth-order valence-electron chi connectivity index (χ4n) is 1.77. The molecule has 3 nitrogen and oxygen atoms in total. The zero-order valence-electron chi connectivity index (χ0n) is 12.0. The zero-order valence-corrected chi connectivity index (χ0v) is 12.0. The molecule has 0 bridgehead atoms. The third kappa shape index (κ3) is 5.89. The van der Waals surface area contributed by atoms with E-state index in [0.29, 0.717) is 26.2 Å². The summed E-state index contributed by atoms with van der Waals surface area (Å²) in [5.74, 6) is -1.28. The smallest absolute Gasteiger partial charge is 0.385 e. The Morgan fingerprint density at radius 1 is 1.14 bits per heavy atom. The second-order valence-electron chi connectivity index (χ2n) is 4.25. The summed E-state index contributed by atoms with van der Waals surface area (Å²) in [5, 5.41) is 2.80. The van der Waals surface area contributed by atoms with E-state index in [1.165, 1.54) is 6.07 Å². The molecule has 0 atom stereocenters. The van der Waals surface area contributed by atoms with Crippen LogP contribution in [0.4, 0.5) is 23.2 Å². The average molecular weight is 309 g/mol. The predicted molar refractivity (Wildman–Crippen MR) is 71.5 cm³/mol. The molecule has 0 saturated carbocycles. The molecule has 1 aromatic rings. The van der Waals surface area contributed by atoms with Crippen molar-refractivity contribution in [2.75, 3.05) is 25.1 Å². The monoisotopic (exact) mass is 309 g/mol. The molecule has 0 aromatic heterocycles. The lowest BCUT2D eigenvalue weighted by molar-refractivity contribution is -0.140. The van der Waals surface area contributed by atoms with Crippen LogP contribution >= 0.6 is 0 Å². The Labute approximate surface area is 121 Å². The van der Waals surface area contributed by atoms with E-state index in [1.807, 2.05) is 13.8 Å². The van der Waals surface area contributed by atoms with Crippen LogP contribution in [0.3, 0.4) is 0 Å². The lowest BCUT2D eigenvalue weighted by Gasteiger charge is -2.17. The summed E-state index contributed by atoms with van der Waals surface area (Å²) in [4.78, 5) is 0. The summed E-state index contributed by atoms with van der Waals surface area (Å²) in [6, 6.07) is 2.82. The van der Waals surface area contributed by atoms with E-state index in [0.717, 1.165) is 12.1 Å². The molecule has 0 fully saturated rings. The highest BCUT2D eigenvalue weighted by Crippen LogP contribution is 2.32. The highest BCUT2D eigenvalue weighted by molar-refractivity contribution is 5.47. The van der Waals surface area contributed by atoms with Crippen molar-refractivity contribution in [3.63, 3.8) is 0 Å². The van der Waals surface area contributed by atoms with Crippen LogP contribution in [0.15, 0.2) is 18.2 Å². The Morgan fingerprint density at radius 3 is 2.29 bits per heavy atom. The molecular weight excluding hydrogens is 290 g/mol. The molecule has 0 radical (unpaired) electrons. The van der Waals surface area contributed by atoms with Gasteiger partial charge in [0.05, 0.1) is 5.56 Å². The van der Waals surface area contributed by atoms with Gasteiger partial charge in [-0.25, -0.2) is 4.39 Å². The molecule has 0 amide bonds.